The average molecular weight is 282 g/mol. The lowest BCUT2D eigenvalue weighted by Gasteiger charge is -2.20. The Labute approximate surface area is 111 Å². The van der Waals surface area contributed by atoms with Crippen LogP contribution in [-0.4, -0.2) is 25.0 Å². The lowest BCUT2D eigenvalue weighted by molar-refractivity contribution is -0.142. The number of nitriles is 1. The molecule has 0 saturated heterocycles. The summed E-state index contributed by atoms with van der Waals surface area (Å²) in [5.74, 6) is -1.71. The smallest absolute Gasteiger partial charge is 0.324 e. The zero-order valence-electron chi connectivity index (χ0n) is 10.5. The molecule has 6 nitrogen and oxygen atoms in total. The number of benzene rings is 1. The van der Waals surface area contributed by atoms with Crippen molar-refractivity contribution in [1.82, 2.24) is 4.72 Å². The van der Waals surface area contributed by atoms with E-state index in [9.17, 15) is 13.2 Å². The van der Waals surface area contributed by atoms with E-state index in [4.69, 9.17) is 10.4 Å². The molecule has 0 unspecified atom stereocenters. The summed E-state index contributed by atoms with van der Waals surface area (Å²) in [6, 6.07) is 8.17. The van der Waals surface area contributed by atoms with E-state index in [2.05, 4.69) is 4.72 Å². The predicted octanol–water partition coefficient (Wildman–Crippen LogP) is 0.841. The highest BCUT2D eigenvalue weighted by Gasteiger charge is 2.32. The van der Waals surface area contributed by atoms with Crippen LogP contribution in [0.15, 0.2) is 24.3 Å². The highest BCUT2D eigenvalue weighted by molar-refractivity contribution is 7.88. The van der Waals surface area contributed by atoms with Gasteiger partial charge in [-0.3, -0.25) is 4.79 Å². The number of carbonyl (C=O) groups is 1. The monoisotopic (exact) mass is 282 g/mol. The number of nitrogens with zero attached hydrogens (tertiary/aromatic N) is 1. The molecule has 1 aromatic carbocycles. The zero-order valence-corrected chi connectivity index (χ0v) is 11.4. The lowest BCUT2D eigenvalue weighted by atomic mass is 10.1. The topological polar surface area (TPSA) is 107 Å². The molecule has 0 heterocycles. The summed E-state index contributed by atoms with van der Waals surface area (Å²) in [6.45, 7) is 2.51. The third-order valence-corrected chi connectivity index (χ3v) is 3.94. The first kappa shape index (κ1) is 15.1. The Hall–Kier alpha value is -1.91. The van der Waals surface area contributed by atoms with E-state index in [1.165, 1.54) is 26.0 Å². The summed E-state index contributed by atoms with van der Waals surface area (Å²) in [5, 5.41) is 17.8. The molecule has 0 saturated carbocycles. The number of carboxylic acids is 1. The minimum absolute atomic E-state index is 0.251. The predicted molar refractivity (Wildman–Crippen MR) is 68.6 cm³/mol. The Morgan fingerprint density at radius 1 is 1.42 bits per heavy atom. The number of carboxylic acid groups (broad SMARTS) is 1. The van der Waals surface area contributed by atoms with Crippen LogP contribution in [0.4, 0.5) is 0 Å². The summed E-state index contributed by atoms with van der Waals surface area (Å²) in [7, 11) is -3.85. The number of aliphatic carboxylic acids is 1. The van der Waals surface area contributed by atoms with Crippen molar-refractivity contribution in [2.45, 2.75) is 25.1 Å². The highest BCUT2D eigenvalue weighted by atomic mass is 32.2. The van der Waals surface area contributed by atoms with E-state index in [1.54, 1.807) is 12.1 Å². The molecule has 1 aromatic rings. The van der Waals surface area contributed by atoms with Crippen LogP contribution >= 0.6 is 0 Å². The van der Waals surface area contributed by atoms with Crippen molar-refractivity contribution >= 4 is 16.0 Å². The van der Waals surface area contributed by atoms with Crippen LogP contribution in [0.2, 0.25) is 0 Å². The molecule has 0 amide bonds. The van der Waals surface area contributed by atoms with Gasteiger partial charge in [0.25, 0.3) is 0 Å². The molecule has 0 radical (unpaired) electrons. The number of nitrogens with one attached hydrogen (secondary N) is 1. The van der Waals surface area contributed by atoms with Gasteiger partial charge in [-0.1, -0.05) is 18.2 Å². The lowest BCUT2D eigenvalue weighted by Crippen LogP contribution is -2.49. The van der Waals surface area contributed by atoms with E-state index < -0.39 is 27.3 Å². The van der Waals surface area contributed by atoms with Gasteiger partial charge in [0.15, 0.2) is 0 Å². The fraction of sp³-hybridized carbons (Fsp3) is 0.333. The number of sulfonamides is 1. The summed E-state index contributed by atoms with van der Waals surface area (Å²) in [5.41, 5.74) is -1.01. The number of hydrogen-bond acceptors (Lipinski definition) is 4. The molecule has 0 aliphatic heterocycles. The summed E-state index contributed by atoms with van der Waals surface area (Å²) in [6.07, 6.45) is 0. The molecule has 102 valence electrons. The van der Waals surface area contributed by atoms with Gasteiger partial charge in [0.1, 0.15) is 5.54 Å². The van der Waals surface area contributed by atoms with E-state index in [0.717, 1.165) is 0 Å². The summed E-state index contributed by atoms with van der Waals surface area (Å²) < 4.78 is 25.9. The Morgan fingerprint density at radius 2 is 2.00 bits per heavy atom. The fourth-order valence-electron chi connectivity index (χ4n) is 1.43. The molecule has 0 bridgehead atoms. The molecular weight excluding hydrogens is 268 g/mol. The van der Waals surface area contributed by atoms with Crippen LogP contribution in [0.3, 0.4) is 0 Å². The van der Waals surface area contributed by atoms with Crippen LogP contribution in [0.5, 0.6) is 0 Å². The normalized spacial score (nSPS) is 11.8. The molecule has 0 aromatic heterocycles. The second-order valence-corrected chi connectivity index (χ2v) is 6.28. The maximum atomic E-state index is 11.9. The molecule has 0 atom stereocenters. The third-order valence-electron chi connectivity index (χ3n) is 2.43. The highest BCUT2D eigenvalue weighted by Crippen LogP contribution is 2.13. The van der Waals surface area contributed by atoms with Gasteiger partial charge in [0.05, 0.1) is 17.4 Å². The van der Waals surface area contributed by atoms with Crippen molar-refractivity contribution in [2.75, 3.05) is 0 Å². The summed E-state index contributed by atoms with van der Waals surface area (Å²) in [4.78, 5) is 10.9. The first-order valence-corrected chi connectivity index (χ1v) is 7.06. The van der Waals surface area contributed by atoms with E-state index >= 15 is 0 Å². The van der Waals surface area contributed by atoms with E-state index in [0.29, 0.717) is 5.56 Å². The second kappa shape index (κ2) is 5.38. The van der Waals surface area contributed by atoms with Crippen LogP contribution in [0.1, 0.15) is 25.0 Å². The molecule has 0 spiro atoms. The average Bonchev–Trinajstić information content (AvgIpc) is 2.27. The first-order valence-electron chi connectivity index (χ1n) is 5.41. The van der Waals surface area contributed by atoms with Gasteiger partial charge in [-0.05, 0) is 25.5 Å². The van der Waals surface area contributed by atoms with Gasteiger partial charge in [-0.15, -0.1) is 0 Å². The van der Waals surface area contributed by atoms with Gasteiger partial charge >= 0.3 is 5.97 Å². The summed E-state index contributed by atoms with van der Waals surface area (Å²) >= 11 is 0. The van der Waals surface area contributed by atoms with Gasteiger partial charge in [-0.25, -0.2) is 8.42 Å². The maximum Gasteiger partial charge on any atom is 0.324 e. The van der Waals surface area contributed by atoms with E-state index in [-0.39, 0.29) is 5.56 Å². The molecule has 7 heteroatoms. The molecule has 0 aliphatic rings. The Bertz CT molecular complexity index is 629. The fourth-order valence-corrected chi connectivity index (χ4v) is 3.03. The van der Waals surface area contributed by atoms with Gasteiger partial charge in [-0.2, -0.15) is 9.98 Å². The van der Waals surface area contributed by atoms with Crippen LogP contribution in [0, 0.1) is 11.3 Å². The van der Waals surface area contributed by atoms with Crippen molar-refractivity contribution in [2.24, 2.45) is 0 Å². The van der Waals surface area contributed by atoms with Crippen LogP contribution < -0.4 is 4.72 Å². The van der Waals surface area contributed by atoms with E-state index in [1.807, 2.05) is 6.07 Å². The zero-order chi connectivity index (χ0) is 14.7. The number of hydrogen-bond donors (Lipinski definition) is 2. The van der Waals surface area contributed by atoms with Crippen molar-refractivity contribution in [3.8, 4) is 6.07 Å². The minimum Gasteiger partial charge on any atom is -0.480 e. The van der Waals surface area contributed by atoms with Crippen LogP contribution in [0.25, 0.3) is 0 Å². The Balaban J connectivity index is 2.99. The molecule has 1 rings (SSSR count). The van der Waals surface area contributed by atoms with Gasteiger partial charge < -0.3 is 5.11 Å². The van der Waals surface area contributed by atoms with Gasteiger partial charge in [0.2, 0.25) is 10.0 Å². The van der Waals surface area contributed by atoms with Crippen molar-refractivity contribution < 1.29 is 18.3 Å². The SMILES string of the molecule is CC(C)(NS(=O)(=O)Cc1ccccc1C#N)C(=O)O. The van der Waals surface area contributed by atoms with Crippen molar-refractivity contribution in [3.63, 3.8) is 0 Å². The third kappa shape index (κ3) is 4.05. The second-order valence-electron chi connectivity index (χ2n) is 4.56. The number of rotatable bonds is 5. The Morgan fingerprint density at radius 3 is 2.53 bits per heavy atom. The quantitative estimate of drug-likeness (QED) is 0.832. The molecule has 0 fully saturated rings. The Kier molecular flexibility index (Phi) is 4.29. The standard InChI is InChI=1S/C12H14N2O4S/c1-12(2,11(15)16)14-19(17,18)8-10-6-4-3-5-9(10)7-13/h3-6,14H,8H2,1-2H3,(H,15,16). The van der Waals surface area contributed by atoms with Gasteiger partial charge in [0, 0.05) is 0 Å². The largest absolute Gasteiger partial charge is 0.480 e. The molecule has 2 N–H and O–H groups in total. The van der Waals surface area contributed by atoms with Crippen molar-refractivity contribution in [3.05, 3.63) is 35.4 Å². The van der Waals surface area contributed by atoms with Crippen molar-refractivity contribution in [1.29, 1.82) is 5.26 Å². The molecular formula is C12H14N2O4S. The maximum absolute atomic E-state index is 11.9. The molecule has 0 aliphatic carbocycles. The van der Waals surface area contributed by atoms with Crippen LogP contribution in [-0.2, 0) is 20.6 Å². The molecule has 19 heavy (non-hydrogen) atoms. The minimum atomic E-state index is -3.85. The first-order chi connectivity index (χ1) is 8.68.